The van der Waals surface area contributed by atoms with Crippen LogP contribution in [0.3, 0.4) is 0 Å². The van der Waals surface area contributed by atoms with Gasteiger partial charge in [-0.15, -0.1) is 0 Å². The van der Waals surface area contributed by atoms with Gasteiger partial charge in [0.2, 0.25) is 0 Å². The first kappa shape index (κ1) is 14.7. The highest BCUT2D eigenvalue weighted by molar-refractivity contribution is 5.88. The quantitative estimate of drug-likeness (QED) is 0.743. The topological polar surface area (TPSA) is 51.0 Å². The fourth-order valence-corrected chi connectivity index (χ4v) is 2.72. The summed E-state index contributed by atoms with van der Waals surface area (Å²) in [6.45, 7) is 4.73. The van der Waals surface area contributed by atoms with E-state index < -0.39 is 0 Å². The van der Waals surface area contributed by atoms with Gasteiger partial charge in [0.1, 0.15) is 5.75 Å². The Labute approximate surface area is 131 Å². The van der Waals surface area contributed by atoms with Crippen molar-refractivity contribution in [3.63, 3.8) is 0 Å². The maximum absolute atomic E-state index is 5.70. The van der Waals surface area contributed by atoms with Crippen LogP contribution in [0, 0.1) is 0 Å². The highest BCUT2D eigenvalue weighted by Crippen LogP contribution is 2.28. The molecule has 3 rings (SSSR count). The van der Waals surface area contributed by atoms with E-state index >= 15 is 0 Å². The van der Waals surface area contributed by atoms with Gasteiger partial charge in [0.25, 0.3) is 0 Å². The van der Waals surface area contributed by atoms with Gasteiger partial charge < -0.3 is 15.5 Å². The van der Waals surface area contributed by atoms with Crippen molar-refractivity contribution in [3.8, 4) is 16.9 Å². The van der Waals surface area contributed by atoms with Crippen LogP contribution in [0.25, 0.3) is 22.0 Å². The Balaban J connectivity index is 1.93. The van der Waals surface area contributed by atoms with E-state index in [9.17, 15) is 0 Å². The Morgan fingerprint density at radius 1 is 1.05 bits per heavy atom. The summed E-state index contributed by atoms with van der Waals surface area (Å²) in [7, 11) is 0. The third-order valence-corrected chi connectivity index (χ3v) is 3.74. The lowest BCUT2D eigenvalue weighted by Crippen LogP contribution is -2.05. The molecule has 2 aromatic carbocycles. The normalized spacial score (nSPS) is 11.3. The minimum atomic E-state index is 0.195. The number of nitrogens with one attached hydrogen (secondary N) is 1. The molecule has 0 amide bonds. The predicted octanol–water partition coefficient (Wildman–Crippen LogP) is 4.12. The number of H-pyrrole nitrogens is 1. The van der Waals surface area contributed by atoms with Gasteiger partial charge in [-0.3, -0.25) is 0 Å². The summed E-state index contributed by atoms with van der Waals surface area (Å²) in [5.74, 6) is 0.908. The number of nitrogens with two attached hydrogens (primary N) is 1. The van der Waals surface area contributed by atoms with Crippen molar-refractivity contribution in [2.75, 3.05) is 6.54 Å². The van der Waals surface area contributed by atoms with Crippen molar-refractivity contribution in [1.82, 2.24) is 4.98 Å². The summed E-state index contributed by atoms with van der Waals surface area (Å²) in [6.07, 6.45) is 3.15. The van der Waals surface area contributed by atoms with Gasteiger partial charge in [0, 0.05) is 17.1 Å². The molecule has 0 aliphatic carbocycles. The average Bonchev–Trinajstić information content (AvgIpc) is 2.90. The number of rotatable bonds is 5. The Bertz CT molecular complexity index is 757. The highest BCUT2D eigenvalue weighted by atomic mass is 16.5. The molecule has 114 valence electrons. The van der Waals surface area contributed by atoms with Crippen molar-refractivity contribution in [3.05, 3.63) is 54.2 Å². The standard InChI is InChI=1S/C19H22N2O/c1-13(2)22-17-6-3-14(4-7-17)15-5-8-19-18(11-15)16(9-10-20)12-21-19/h3-8,11-13,21H,9-10,20H2,1-2H3. The summed E-state index contributed by atoms with van der Waals surface area (Å²) in [5.41, 5.74) is 10.5. The van der Waals surface area contributed by atoms with Gasteiger partial charge in [-0.2, -0.15) is 0 Å². The summed E-state index contributed by atoms with van der Waals surface area (Å²) >= 11 is 0. The minimum absolute atomic E-state index is 0.195. The number of aromatic nitrogens is 1. The van der Waals surface area contributed by atoms with Crippen LogP contribution in [0.5, 0.6) is 5.75 Å². The number of aromatic amines is 1. The SMILES string of the molecule is CC(C)Oc1ccc(-c2ccc3[nH]cc(CCN)c3c2)cc1. The highest BCUT2D eigenvalue weighted by Gasteiger charge is 2.06. The molecule has 3 aromatic rings. The molecule has 0 atom stereocenters. The van der Waals surface area contributed by atoms with E-state index in [0.29, 0.717) is 6.54 Å². The molecule has 0 aliphatic rings. The zero-order valence-electron chi connectivity index (χ0n) is 13.1. The van der Waals surface area contributed by atoms with Gasteiger partial charge in [-0.1, -0.05) is 18.2 Å². The second-order valence-corrected chi connectivity index (χ2v) is 5.80. The first-order valence-electron chi connectivity index (χ1n) is 7.74. The summed E-state index contributed by atoms with van der Waals surface area (Å²) in [6, 6.07) is 14.8. The number of fused-ring (bicyclic) bond motifs is 1. The monoisotopic (exact) mass is 294 g/mol. The smallest absolute Gasteiger partial charge is 0.119 e. The molecule has 0 saturated carbocycles. The number of benzene rings is 2. The van der Waals surface area contributed by atoms with Crippen LogP contribution in [0.15, 0.2) is 48.7 Å². The summed E-state index contributed by atoms with van der Waals surface area (Å²) in [4.78, 5) is 3.31. The maximum atomic E-state index is 5.70. The van der Waals surface area contributed by atoms with Crippen molar-refractivity contribution >= 4 is 10.9 Å². The second kappa shape index (κ2) is 6.24. The molecule has 0 saturated heterocycles. The van der Waals surface area contributed by atoms with Gasteiger partial charge >= 0.3 is 0 Å². The second-order valence-electron chi connectivity index (χ2n) is 5.80. The Kier molecular flexibility index (Phi) is 4.16. The van der Waals surface area contributed by atoms with Crippen LogP contribution < -0.4 is 10.5 Å². The largest absolute Gasteiger partial charge is 0.491 e. The van der Waals surface area contributed by atoms with Crippen molar-refractivity contribution in [2.24, 2.45) is 5.73 Å². The first-order valence-corrected chi connectivity index (χ1v) is 7.74. The molecule has 3 nitrogen and oxygen atoms in total. The molecule has 0 aliphatic heterocycles. The molecule has 3 heteroatoms. The van der Waals surface area contributed by atoms with Gasteiger partial charge in [-0.05, 0) is 67.8 Å². The van der Waals surface area contributed by atoms with E-state index in [2.05, 4.69) is 41.5 Å². The van der Waals surface area contributed by atoms with Gasteiger partial charge in [0.15, 0.2) is 0 Å². The molecule has 0 bridgehead atoms. The zero-order valence-corrected chi connectivity index (χ0v) is 13.1. The van der Waals surface area contributed by atoms with E-state index in [4.69, 9.17) is 10.5 Å². The molecule has 0 fully saturated rings. The maximum Gasteiger partial charge on any atom is 0.119 e. The Morgan fingerprint density at radius 3 is 2.45 bits per heavy atom. The lowest BCUT2D eigenvalue weighted by Gasteiger charge is -2.10. The van der Waals surface area contributed by atoms with Crippen LogP contribution in [0.2, 0.25) is 0 Å². The molecule has 0 radical (unpaired) electrons. The predicted molar refractivity (Wildman–Crippen MR) is 92.3 cm³/mol. The van der Waals surface area contributed by atoms with E-state index in [1.165, 1.54) is 22.1 Å². The minimum Gasteiger partial charge on any atom is -0.491 e. The zero-order chi connectivity index (χ0) is 15.5. The van der Waals surface area contributed by atoms with Crippen molar-refractivity contribution in [1.29, 1.82) is 0 Å². The van der Waals surface area contributed by atoms with Gasteiger partial charge in [-0.25, -0.2) is 0 Å². The molecule has 0 spiro atoms. The molecule has 22 heavy (non-hydrogen) atoms. The third kappa shape index (κ3) is 3.00. The summed E-state index contributed by atoms with van der Waals surface area (Å²) in [5, 5.41) is 1.26. The first-order chi connectivity index (χ1) is 10.7. The lowest BCUT2D eigenvalue weighted by atomic mass is 10.0. The molecular weight excluding hydrogens is 272 g/mol. The molecule has 3 N–H and O–H groups in total. The van der Waals surface area contributed by atoms with E-state index in [0.717, 1.165) is 17.7 Å². The van der Waals surface area contributed by atoms with Crippen molar-refractivity contribution in [2.45, 2.75) is 26.4 Å². The average molecular weight is 294 g/mol. The fraction of sp³-hybridized carbons (Fsp3) is 0.263. The molecule has 0 unspecified atom stereocenters. The van der Waals surface area contributed by atoms with Gasteiger partial charge in [0.05, 0.1) is 6.10 Å². The Morgan fingerprint density at radius 2 is 1.77 bits per heavy atom. The molecule has 1 aromatic heterocycles. The van der Waals surface area contributed by atoms with E-state index in [1.807, 2.05) is 26.0 Å². The van der Waals surface area contributed by atoms with Crippen LogP contribution in [-0.4, -0.2) is 17.6 Å². The Hall–Kier alpha value is -2.26. The van der Waals surface area contributed by atoms with Crippen LogP contribution in [0.1, 0.15) is 19.4 Å². The fourth-order valence-electron chi connectivity index (χ4n) is 2.72. The van der Waals surface area contributed by atoms with Crippen molar-refractivity contribution < 1.29 is 4.74 Å². The summed E-state index contributed by atoms with van der Waals surface area (Å²) < 4.78 is 5.70. The number of hydrogen-bond acceptors (Lipinski definition) is 2. The molecule has 1 heterocycles. The van der Waals surface area contributed by atoms with E-state index in [-0.39, 0.29) is 6.10 Å². The lowest BCUT2D eigenvalue weighted by molar-refractivity contribution is 0.242. The van der Waals surface area contributed by atoms with E-state index in [1.54, 1.807) is 0 Å². The van der Waals surface area contributed by atoms with Crippen LogP contribution in [0.4, 0.5) is 0 Å². The third-order valence-electron chi connectivity index (χ3n) is 3.74. The van der Waals surface area contributed by atoms with Crippen LogP contribution >= 0.6 is 0 Å². The number of ether oxygens (including phenoxy) is 1. The number of hydrogen-bond donors (Lipinski definition) is 2. The molecular formula is C19H22N2O. The van der Waals surface area contributed by atoms with Crippen LogP contribution in [-0.2, 0) is 6.42 Å².